The Bertz CT molecular complexity index is 1250. The van der Waals surface area contributed by atoms with Gasteiger partial charge in [0.1, 0.15) is 11.6 Å². The van der Waals surface area contributed by atoms with Crippen molar-refractivity contribution in [3.63, 3.8) is 0 Å². The lowest BCUT2D eigenvalue weighted by molar-refractivity contribution is -0.113. The molecule has 0 bridgehead atoms. The van der Waals surface area contributed by atoms with Crippen LogP contribution in [0.5, 0.6) is 5.75 Å². The average molecular weight is 449 g/mol. The van der Waals surface area contributed by atoms with Gasteiger partial charge in [0, 0.05) is 11.4 Å². The van der Waals surface area contributed by atoms with Gasteiger partial charge < -0.3 is 10.1 Å². The standard InChI is InChI=1S/C23H24N6O2S/c1-15-13-16(2)29(27-15)21-8-6-5-7-20(21)24-22(30)14-32-23-26-25-17(3)28(23)18-9-11-19(31-4)12-10-18/h5-13H,14H2,1-4H3,(H,24,30). The SMILES string of the molecule is COc1ccc(-n2c(C)nnc2SCC(=O)Nc2ccccc2-n2nc(C)cc2C)cc1. The third-order valence-corrected chi connectivity index (χ3v) is 5.80. The van der Waals surface area contributed by atoms with E-state index in [2.05, 4.69) is 20.6 Å². The van der Waals surface area contributed by atoms with Gasteiger partial charge in [0.15, 0.2) is 5.16 Å². The van der Waals surface area contributed by atoms with Crippen molar-refractivity contribution in [1.82, 2.24) is 24.5 Å². The van der Waals surface area contributed by atoms with E-state index in [1.807, 2.05) is 84.6 Å². The van der Waals surface area contributed by atoms with Crippen molar-refractivity contribution >= 4 is 23.4 Å². The number of aryl methyl sites for hydroxylation is 3. The fraction of sp³-hybridized carbons (Fsp3) is 0.217. The first kappa shape index (κ1) is 21.6. The van der Waals surface area contributed by atoms with Crippen molar-refractivity contribution in [3.8, 4) is 17.1 Å². The van der Waals surface area contributed by atoms with E-state index < -0.39 is 0 Å². The third kappa shape index (κ3) is 4.52. The Morgan fingerprint density at radius 1 is 1.06 bits per heavy atom. The van der Waals surface area contributed by atoms with Crippen LogP contribution < -0.4 is 10.1 Å². The highest BCUT2D eigenvalue weighted by Gasteiger charge is 2.15. The van der Waals surface area contributed by atoms with E-state index in [-0.39, 0.29) is 11.7 Å². The predicted molar refractivity (Wildman–Crippen MR) is 125 cm³/mol. The van der Waals surface area contributed by atoms with E-state index in [0.29, 0.717) is 10.8 Å². The van der Waals surface area contributed by atoms with Crippen molar-refractivity contribution in [2.24, 2.45) is 0 Å². The molecule has 32 heavy (non-hydrogen) atoms. The van der Waals surface area contributed by atoms with Crippen LogP contribution in [0.2, 0.25) is 0 Å². The second-order valence-electron chi connectivity index (χ2n) is 7.26. The maximum atomic E-state index is 12.8. The number of benzene rings is 2. The highest BCUT2D eigenvalue weighted by atomic mass is 32.2. The molecule has 1 N–H and O–H groups in total. The number of anilines is 1. The molecule has 0 aliphatic carbocycles. The van der Waals surface area contributed by atoms with Gasteiger partial charge in [0.05, 0.1) is 29.9 Å². The summed E-state index contributed by atoms with van der Waals surface area (Å²) in [7, 11) is 1.63. The fourth-order valence-electron chi connectivity index (χ4n) is 3.42. The molecule has 0 atom stereocenters. The summed E-state index contributed by atoms with van der Waals surface area (Å²) in [5, 5.41) is 16.6. The number of carbonyl (C=O) groups is 1. The minimum absolute atomic E-state index is 0.133. The topological polar surface area (TPSA) is 86.9 Å². The number of rotatable bonds is 7. The number of methoxy groups -OCH3 is 1. The molecule has 4 aromatic rings. The lowest BCUT2D eigenvalue weighted by Crippen LogP contribution is -2.16. The third-order valence-electron chi connectivity index (χ3n) is 4.87. The number of aromatic nitrogens is 5. The number of hydrogen-bond donors (Lipinski definition) is 1. The molecule has 0 saturated carbocycles. The van der Waals surface area contributed by atoms with Crippen LogP contribution in [0.25, 0.3) is 11.4 Å². The summed E-state index contributed by atoms with van der Waals surface area (Å²) in [4.78, 5) is 12.8. The molecule has 0 aliphatic heterocycles. The quantitative estimate of drug-likeness (QED) is 0.428. The van der Waals surface area contributed by atoms with E-state index in [1.165, 1.54) is 11.8 Å². The van der Waals surface area contributed by atoms with Crippen molar-refractivity contribution in [1.29, 1.82) is 0 Å². The Morgan fingerprint density at radius 2 is 1.81 bits per heavy atom. The van der Waals surface area contributed by atoms with Gasteiger partial charge in [-0.15, -0.1) is 10.2 Å². The minimum atomic E-state index is -0.133. The molecule has 164 valence electrons. The first-order valence-corrected chi connectivity index (χ1v) is 11.1. The zero-order valence-electron chi connectivity index (χ0n) is 18.4. The molecule has 2 aromatic heterocycles. The molecule has 0 unspecified atom stereocenters. The number of amides is 1. The van der Waals surface area contributed by atoms with Crippen LogP contribution in [0, 0.1) is 20.8 Å². The maximum Gasteiger partial charge on any atom is 0.234 e. The first-order chi connectivity index (χ1) is 15.5. The van der Waals surface area contributed by atoms with Gasteiger partial charge >= 0.3 is 0 Å². The first-order valence-electron chi connectivity index (χ1n) is 10.1. The number of carbonyl (C=O) groups excluding carboxylic acids is 1. The average Bonchev–Trinajstić information content (AvgIpc) is 3.33. The molecular weight excluding hydrogens is 424 g/mol. The molecule has 0 aliphatic rings. The summed E-state index contributed by atoms with van der Waals surface area (Å²) in [6, 6.07) is 17.3. The molecule has 0 fully saturated rings. The Balaban J connectivity index is 1.49. The van der Waals surface area contributed by atoms with Gasteiger partial charge in [0.25, 0.3) is 0 Å². The van der Waals surface area contributed by atoms with Gasteiger partial charge in [-0.05, 0) is 63.2 Å². The fourth-order valence-corrected chi connectivity index (χ4v) is 4.22. The molecule has 2 heterocycles. The zero-order valence-corrected chi connectivity index (χ0v) is 19.2. The lowest BCUT2D eigenvalue weighted by Gasteiger charge is -2.13. The van der Waals surface area contributed by atoms with Crippen LogP contribution in [-0.4, -0.2) is 43.3 Å². The molecule has 0 radical (unpaired) electrons. The van der Waals surface area contributed by atoms with Gasteiger partial charge in [-0.1, -0.05) is 23.9 Å². The van der Waals surface area contributed by atoms with Crippen LogP contribution in [-0.2, 0) is 4.79 Å². The molecule has 9 heteroatoms. The van der Waals surface area contributed by atoms with Crippen LogP contribution in [0.15, 0.2) is 59.8 Å². The molecule has 2 aromatic carbocycles. The monoisotopic (exact) mass is 448 g/mol. The van der Waals surface area contributed by atoms with Crippen molar-refractivity contribution < 1.29 is 9.53 Å². The molecule has 0 saturated heterocycles. The number of para-hydroxylation sites is 2. The van der Waals surface area contributed by atoms with Crippen LogP contribution >= 0.6 is 11.8 Å². The van der Waals surface area contributed by atoms with E-state index in [4.69, 9.17) is 4.74 Å². The molecule has 8 nitrogen and oxygen atoms in total. The van der Waals surface area contributed by atoms with Crippen LogP contribution in [0.4, 0.5) is 5.69 Å². The molecule has 4 rings (SSSR count). The number of hydrogen-bond acceptors (Lipinski definition) is 6. The summed E-state index contributed by atoms with van der Waals surface area (Å²) >= 11 is 1.33. The van der Waals surface area contributed by atoms with E-state index in [0.717, 1.165) is 34.3 Å². The Hall–Kier alpha value is -3.59. The van der Waals surface area contributed by atoms with E-state index in [9.17, 15) is 4.79 Å². The van der Waals surface area contributed by atoms with E-state index >= 15 is 0 Å². The zero-order chi connectivity index (χ0) is 22.7. The highest BCUT2D eigenvalue weighted by Crippen LogP contribution is 2.25. The Labute approximate surface area is 190 Å². The Morgan fingerprint density at radius 3 is 2.50 bits per heavy atom. The normalized spacial score (nSPS) is 10.9. The second-order valence-corrected chi connectivity index (χ2v) is 8.20. The van der Waals surface area contributed by atoms with Crippen molar-refractivity contribution in [3.05, 3.63) is 71.8 Å². The summed E-state index contributed by atoms with van der Waals surface area (Å²) < 4.78 is 8.98. The number of nitrogens with zero attached hydrogens (tertiary/aromatic N) is 5. The minimum Gasteiger partial charge on any atom is -0.497 e. The largest absolute Gasteiger partial charge is 0.497 e. The summed E-state index contributed by atoms with van der Waals surface area (Å²) in [5.41, 5.74) is 4.37. The molecular formula is C23H24N6O2S. The van der Waals surface area contributed by atoms with E-state index in [1.54, 1.807) is 7.11 Å². The van der Waals surface area contributed by atoms with Gasteiger partial charge in [-0.3, -0.25) is 9.36 Å². The Kier molecular flexibility index (Phi) is 6.27. The highest BCUT2D eigenvalue weighted by molar-refractivity contribution is 7.99. The maximum absolute atomic E-state index is 12.8. The number of thioether (sulfide) groups is 1. The predicted octanol–water partition coefficient (Wildman–Crippen LogP) is 4.12. The number of nitrogens with one attached hydrogen (secondary N) is 1. The van der Waals surface area contributed by atoms with Gasteiger partial charge in [0.2, 0.25) is 5.91 Å². The van der Waals surface area contributed by atoms with Crippen molar-refractivity contribution in [2.75, 3.05) is 18.2 Å². The molecule has 0 spiro atoms. The second kappa shape index (κ2) is 9.27. The van der Waals surface area contributed by atoms with Gasteiger partial charge in [-0.25, -0.2) is 4.68 Å². The summed E-state index contributed by atoms with van der Waals surface area (Å²) in [5.74, 6) is 1.58. The lowest BCUT2D eigenvalue weighted by atomic mass is 10.2. The number of ether oxygens (including phenoxy) is 1. The summed E-state index contributed by atoms with van der Waals surface area (Å²) in [6.45, 7) is 5.82. The summed E-state index contributed by atoms with van der Waals surface area (Å²) in [6.07, 6.45) is 0. The molecule has 1 amide bonds. The van der Waals surface area contributed by atoms with Gasteiger partial charge in [-0.2, -0.15) is 5.10 Å². The van der Waals surface area contributed by atoms with Crippen molar-refractivity contribution in [2.45, 2.75) is 25.9 Å². The smallest absolute Gasteiger partial charge is 0.234 e. The van der Waals surface area contributed by atoms with Crippen LogP contribution in [0.1, 0.15) is 17.2 Å². The van der Waals surface area contributed by atoms with Crippen LogP contribution in [0.3, 0.4) is 0 Å².